The highest BCUT2D eigenvalue weighted by molar-refractivity contribution is 5.79. The Morgan fingerprint density at radius 2 is 1.75 bits per heavy atom. The normalized spacial score (nSPS) is 14.8. The van der Waals surface area contributed by atoms with E-state index in [0.29, 0.717) is 18.7 Å². The Hall–Kier alpha value is -2.36. The maximum Gasteiger partial charge on any atom is 0.227 e. The molecule has 0 unspecified atom stereocenters. The summed E-state index contributed by atoms with van der Waals surface area (Å²) in [5.74, 6) is -0.305. The fraction of sp³-hybridized carbons (Fsp3) is 0.350. The number of aryl methyl sites for hydroxylation is 2. The first-order valence-corrected chi connectivity index (χ1v) is 8.38. The number of piperazine rings is 1. The van der Waals surface area contributed by atoms with Crippen molar-refractivity contribution < 1.29 is 9.18 Å². The van der Waals surface area contributed by atoms with Gasteiger partial charge >= 0.3 is 0 Å². The molecule has 1 heterocycles. The third-order valence-electron chi connectivity index (χ3n) is 4.64. The molecule has 1 saturated heterocycles. The lowest BCUT2D eigenvalue weighted by Gasteiger charge is -2.37. The van der Waals surface area contributed by atoms with Gasteiger partial charge in [-0.05, 0) is 42.7 Å². The largest absolute Gasteiger partial charge is 0.368 e. The Labute approximate surface area is 142 Å². The molecule has 2 aromatic rings. The van der Waals surface area contributed by atoms with Gasteiger partial charge in [0.05, 0.1) is 6.42 Å². The van der Waals surface area contributed by atoms with Gasteiger partial charge < -0.3 is 9.80 Å². The zero-order chi connectivity index (χ0) is 17.1. The Morgan fingerprint density at radius 3 is 2.46 bits per heavy atom. The first kappa shape index (κ1) is 16.5. The minimum absolute atomic E-state index is 0.000661. The van der Waals surface area contributed by atoms with E-state index < -0.39 is 0 Å². The molecule has 24 heavy (non-hydrogen) atoms. The Kier molecular flexibility index (Phi) is 4.84. The fourth-order valence-corrected chi connectivity index (χ4v) is 3.17. The minimum Gasteiger partial charge on any atom is -0.368 e. The van der Waals surface area contributed by atoms with Crippen molar-refractivity contribution in [1.82, 2.24) is 4.90 Å². The summed E-state index contributed by atoms with van der Waals surface area (Å²) < 4.78 is 13.7. The van der Waals surface area contributed by atoms with Crippen LogP contribution in [0.4, 0.5) is 10.1 Å². The fourth-order valence-electron chi connectivity index (χ4n) is 3.17. The van der Waals surface area contributed by atoms with Gasteiger partial charge in [-0.25, -0.2) is 4.39 Å². The SMILES string of the molecule is Cc1ccc(C)c(N2CCN(C(=O)Cc3ccccc3F)CC2)c1. The Morgan fingerprint density at radius 1 is 1.04 bits per heavy atom. The van der Waals surface area contributed by atoms with Crippen LogP contribution in [-0.2, 0) is 11.2 Å². The van der Waals surface area contributed by atoms with Crippen molar-refractivity contribution in [3.05, 3.63) is 65.0 Å². The summed E-state index contributed by atoms with van der Waals surface area (Å²) in [4.78, 5) is 16.6. The second kappa shape index (κ2) is 7.04. The standard InChI is InChI=1S/C20H23FN2O/c1-15-7-8-16(2)19(13-15)22-9-11-23(12-10-22)20(24)14-17-5-3-4-6-18(17)21/h3-8,13H,9-12,14H2,1-2H3. The van der Waals surface area contributed by atoms with Crippen molar-refractivity contribution in [3.8, 4) is 0 Å². The molecule has 4 heteroatoms. The number of halogens is 1. The lowest BCUT2D eigenvalue weighted by Crippen LogP contribution is -2.49. The number of benzene rings is 2. The van der Waals surface area contributed by atoms with E-state index >= 15 is 0 Å². The summed E-state index contributed by atoms with van der Waals surface area (Å²) in [6, 6.07) is 13.0. The number of amides is 1. The molecular formula is C20H23FN2O. The summed E-state index contributed by atoms with van der Waals surface area (Å²) in [6.07, 6.45) is 0.135. The molecule has 0 bridgehead atoms. The van der Waals surface area contributed by atoms with Crippen molar-refractivity contribution in [2.24, 2.45) is 0 Å². The third-order valence-corrected chi connectivity index (χ3v) is 4.64. The van der Waals surface area contributed by atoms with E-state index in [9.17, 15) is 9.18 Å². The average Bonchev–Trinajstić information content (AvgIpc) is 2.59. The molecule has 0 atom stereocenters. The van der Waals surface area contributed by atoms with E-state index in [1.165, 1.54) is 22.9 Å². The monoisotopic (exact) mass is 326 g/mol. The van der Waals surface area contributed by atoms with Crippen LogP contribution in [-0.4, -0.2) is 37.0 Å². The molecule has 1 fully saturated rings. The maximum absolute atomic E-state index is 13.7. The molecule has 0 N–H and O–H groups in total. The van der Waals surface area contributed by atoms with Gasteiger partial charge in [-0.3, -0.25) is 4.79 Å². The molecule has 0 aliphatic carbocycles. The van der Waals surface area contributed by atoms with Gasteiger partial charge in [-0.2, -0.15) is 0 Å². The molecule has 0 radical (unpaired) electrons. The van der Waals surface area contributed by atoms with Crippen molar-refractivity contribution in [2.75, 3.05) is 31.1 Å². The molecule has 3 nitrogen and oxygen atoms in total. The molecular weight excluding hydrogens is 303 g/mol. The second-order valence-corrected chi connectivity index (χ2v) is 6.43. The topological polar surface area (TPSA) is 23.6 Å². The van der Waals surface area contributed by atoms with E-state index in [2.05, 4.69) is 36.9 Å². The summed E-state index contributed by atoms with van der Waals surface area (Å²) in [6.45, 7) is 7.20. The lowest BCUT2D eigenvalue weighted by molar-refractivity contribution is -0.130. The number of anilines is 1. The zero-order valence-corrected chi connectivity index (χ0v) is 14.3. The van der Waals surface area contributed by atoms with Crippen molar-refractivity contribution in [2.45, 2.75) is 20.3 Å². The van der Waals surface area contributed by atoms with Crippen LogP contribution in [0.5, 0.6) is 0 Å². The highest BCUT2D eigenvalue weighted by Gasteiger charge is 2.22. The predicted molar refractivity (Wildman–Crippen MR) is 94.8 cm³/mol. The van der Waals surface area contributed by atoms with Gasteiger partial charge in [0.2, 0.25) is 5.91 Å². The molecule has 1 aliphatic heterocycles. The second-order valence-electron chi connectivity index (χ2n) is 6.43. The third kappa shape index (κ3) is 3.58. The van der Waals surface area contributed by atoms with Crippen LogP contribution >= 0.6 is 0 Å². The molecule has 3 rings (SSSR count). The number of carbonyl (C=O) groups is 1. The van der Waals surface area contributed by atoms with Crippen LogP contribution in [0.1, 0.15) is 16.7 Å². The molecule has 0 aromatic heterocycles. The van der Waals surface area contributed by atoms with E-state index in [1.807, 2.05) is 4.90 Å². The smallest absolute Gasteiger partial charge is 0.227 e. The van der Waals surface area contributed by atoms with Crippen LogP contribution in [0.3, 0.4) is 0 Å². The first-order valence-electron chi connectivity index (χ1n) is 8.38. The van der Waals surface area contributed by atoms with Crippen LogP contribution < -0.4 is 4.90 Å². The number of rotatable bonds is 3. The summed E-state index contributed by atoms with van der Waals surface area (Å²) in [5.41, 5.74) is 4.22. The first-order chi connectivity index (χ1) is 11.5. The van der Waals surface area contributed by atoms with Gasteiger partial charge in [0.25, 0.3) is 0 Å². The molecule has 2 aromatic carbocycles. The van der Waals surface area contributed by atoms with Gasteiger partial charge in [0, 0.05) is 31.9 Å². The minimum atomic E-state index is -0.306. The van der Waals surface area contributed by atoms with Crippen LogP contribution in [0, 0.1) is 19.7 Å². The highest BCUT2D eigenvalue weighted by atomic mass is 19.1. The van der Waals surface area contributed by atoms with E-state index in [0.717, 1.165) is 13.1 Å². The van der Waals surface area contributed by atoms with Crippen molar-refractivity contribution in [3.63, 3.8) is 0 Å². The van der Waals surface area contributed by atoms with Crippen molar-refractivity contribution >= 4 is 11.6 Å². The van der Waals surface area contributed by atoms with Crippen LogP contribution in [0.25, 0.3) is 0 Å². The number of nitrogens with zero attached hydrogens (tertiary/aromatic N) is 2. The molecule has 0 saturated carbocycles. The van der Waals surface area contributed by atoms with E-state index in [4.69, 9.17) is 0 Å². The molecule has 126 valence electrons. The Bertz CT molecular complexity index is 736. The molecule has 1 amide bonds. The summed E-state index contributed by atoms with van der Waals surface area (Å²) in [5, 5.41) is 0. The zero-order valence-electron chi connectivity index (χ0n) is 14.3. The molecule has 1 aliphatic rings. The number of carbonyl (C=O) groups excluding carboxylic acids is 1. The highest BCUT2D eigenvalue weighted by Crippen LogP contribution is 2.23. The lowest BCUT2D eigenvalue weighted by atomic mass is 10.1. The quantitative estimate of drug-likeness (QED) is 0.864. The van der Waals surface area contributed by atoms with Gasteiger partial charge in [-0.1, -0.05) is 30.3 Å². The van der Waals surface area contributed by atoms with Gasteiger partial charge in [0.15, 0.2) is 0 Å². The summed E-state index contributed by atoms with van der Waals surface area (Å²) in [7, 11) is 0. The predicted octanol–water partition coefficient (Wildman–Crippen LogP) is 3.33. The van der Waals surface area contributed by atoms with Gasteiger partial charge in [0.1, 0.15) is 5.82 Å². The number of hydrogen-bond acceptors (Lipinski definition) is 2. The van der Waals surface area contributed by atoms with E-state index in [-0.39, 0.29) is 18.1 Å². The van der Waals surface area contributed by atoms with Crippen molar-refractivity contribution in [1.29, 1.82) is 0 Å². The van der Waals surface area contributed by atoms with Gasteiger partial charge in [-0.15, -0.1) is 0 Å². The molecule has 0 spiro atoms. The average molecular weight is 326 g/mol. The summed E-state index contributed by atoms with van der Waals surface area (Å²) >= 11 is 0. The van der Waals surface area contributed by atoms with E-state index in [1.54, 1.807) is 18.2 Å². The van der Waals surface area contributed by atoms with Crippen LogP contribution in [0.15, 0.2) is 42.5 Å². The van der Waals surface area contributed by atoms with Crippen LogP contribution in [0.2, 0.25) is 0 Å². The number of hydrogen-bond donors (Lipinski definition) is 0. The Balaban J connectivity index is 1.61. The maximum atomic E-state index is 13.7.